The molecule has 7 heteroatoms. The first kappa shape index (κ1) is 18.0. The van der Waals surface area contributed by atoms with E-state index < -0.39 is 11.8 Å². The average Bonchev–Trinajstić information content (AvgIpc) is 3.20. The molecule has 2 heterocycles. The van der Waals surface area contributed by atoms with Crippen LogP contribution in [0.4, 0.5) is 4.39 Å². The molecule has 1 aromatic carbocycles. The van der Waals surface area contributed by atoms with Crippen LogP contribution in [0.15, 0.2) is 41.9 Å². The zero-order chi connectivity index (χ0) is 18.7. The van der Waals surface area contributed by atoms with E-state index in [1.165, 1.54) is 29.5 Å². The third kappa shape index (κ3) is 3.88. The lowest BCUT2D eigenvalue weighted by atomic mass is 10.1. The van der Waals surface area contributed by atoms with Crippen LogP contribution in [0.2, 0.25) is 0 Å². The number of rotatable bonds is 6. The van der Waals surface area contributed by atoms with E-state index in [4.69, 9.17) is 4.74 Å². The monoisotopic (exact) mass is 372 g/mol. The van der Waals surface area contributed by atoms with Crippen molar-refractivity contribution in [3.63, 3.8) is 0 Å². The molecule has 0 aliphatic heterocycles. The molecule has 5 nitrogen and oxygen atoms in total. The maximum atomic E-state index is 13.1. The molecule has 0 unspecified atom stereocenters. The number of aromatic nitrogens is 2. The molecule has 0 spiro atoms. The number of carbonyl (C=O) groups excluding carboxylic acids is 2. The molecular formula is C19H17FN2O3S. The largest absolute Gasteiger partial charge is 0.457 e. The molecule has 0 amide bonds. The molecule has 2 aromatic heterocycles. The van der Waals surface area contributed by atoms with Crippen LogP contribution in [0.5, 0.6) is 0 Å². The van der Waals surface area contributed by atoms with Gasteiger partial charge in [0.15, 0.2) is 11.7 Å². The van der Waals surface area contributed by atoms with Gasteiger partial charge in [-0.25, -0.2) is 9.37 Å². The Bertz CT molecular complexity index is 948. The van der Waals surface area contributed by atoms with Gasteiger partial charge in [0.2, 0.25) is 5.78 Å². The normalized spacial score (nSPS) is 10.7. The summed E-state index contributed by atoms with van der Waals surface area (Å²) < 4.78 is 20.1. The number of benzene rings is 1. The highest BCUT2D eigenvalue weighted by Crippen LogP contribution is 2.22. The van der Waals surface area contributed by atoms with Crippen LogP contribution < -0.4 is 0 Å². The number of hydrogen-bond donors (Lipinski definition) is 0. The number of Topliss-reactive ketones (excluding diaryl/α,β-unsaturated/α-hetero) is 1. The van der Waals surface area contributed by atoms with Gasteiger partial charge in [-0.05, 0) is 37.6 Å². The SMILES string of the molecule is Cc1cc(C(=O)COC(=O)Cc2cccc(F)c2)c(C)n1-c1nccs1. The molecule has 134 valence electrons. The highest BCUT2D eigenvalue weighted by Gasteiger charge is 2.19. The summed E-state index contributed by atoms with van der Waals surface area (Å²) in [6.07, 6.45) is 1.62. The van der Waals surface area contributed by atoms with Crippen molar-refractivity contribution >= 4 is 23.1 Å². The predicted molar refractivity (Wildman–Crippen MR) is 96.3 cm³/mol. The van der Waals surface area contributed by atoms with Crippen LogP contribution >= 0.6 is 11.3 Å². The second-order valence-electron chi connectivity index (χ2n) is 5.83. The Morgan fingerprint density at radius 3 is 2.77 bits per heavy atom. The second-order valence-corrected chi connectivity index (χ2v) is 6.70. The first-order valence-corrected chi connectivity index (χ1v) is 8.85. The van der Waals surface area contributed by atoms with E-state index in [2.05, 4.69) is 4.98 Å². The number of aryl methyl sites for hydroxylation is 1. The van der Waals surface area contributed by atoms with Crippen LogP contribution in [-0.4, -0.2) is 27.9 Å². The number of nitrogens with zero attached hydrogens (tertiary/aromatic N) is 2. The van der Waals surface area contributed by atoms with Gasteiger partial charge in [-0.3, -0.25) is 14.2 Å². The highest BCUT2D eigenvalue weighted by atomic mass is 32.1. The molecule has 0 fully saturated rings. The predicted octanol–water partition coefficient (Wildman–Crippen LogP) is 3.66. The fraction of sp³-hybridized carbons (Fsp3) is 0.211. The Balaban J connectivity index is 1.65. The summed E-state index contributed by atoms with van der Waals surface area (Å²) in [4.78, 5) is 28.6. The fourth-order valence-electron chi connectivity index (χ4n) is 2.75. The summed E-state index contributed by atoms with van der Waals surface area (Å²) in [5.74, 6) is -1.27. The number of ether oxygens (including phenoxy) is 1. The second kappa shape index (κ2) is 7.61. The number of hydrogen-bond acceptors (Lipinski definition) is 5. The average molecular weight is 372 g/mol. The van der Waals surface area contributed by atoms with Gasteiger partial charge in [0.25, 0.3) is 0 Å². The summed E-state index contributed by atoms with van der Waals surface area (Å²) in [7, 11) is 0. The first-order valence-electron chi connectivity index (χ1n) is 7.98. The van der Waals surface area contributed by atoms with Crippen molar-refractivity contribution in [2.45, 2.75) is 20.3 Å². The number of esters is 1. The minimum Gasteiger partial charge on any atom is -0.457 e. The van der Waals surface area contributed by atoms with Crippen LogP contribution in [-0.2, 0) is 16.0 Å². The van der Waals surface area contributed by atoms with E-state index in [1.807, 2.05) is 23.8 Å². The summed E-state index contributed by atoms with van der Waals surface area (Å²) in [6.45, 7) is 3.37. The molecular weight excluding hydrogens is 355 g/mol. The molecule has 0 saturated heterocycles. The van der Waals surface area contributed by atoms with Crippen molar-refractivity contribution in [2.24, 2.45) is 0 Å². The number of thiazole rings is 1. The van der Waals surface area contributed by atoms with E-state index in [9.17, 15) is 14.0 Å². The van der Waals surface area contributed by atoms with Gasteiger partial charge in [0.05, 0.1) is 6.42 Å². The molecule has 26 heavy (non-hydrogen) atoms. The summed E-state index contributed by atoms with van der Waals surface area (Å²) in [6, 6.07) is 7.49. The minimum absolute atomic E-state index is 0.0802. The maximum absolute atomic E-state index is 13.1. The Kier molecular flexibility index (Phi) is 5.27. The zero-order valence-electron chi connectivity index (χ0n) is 14.4. The molecule has 3 rings (SSSR count). The van der Waals surface area contributed by atoms with Crippen LogP contribution in [0.3, 0.4) is 0 Å². The van der Waals surface area contributed by atoms with E-state index in [0.29, 0.717) is 11.1 Å². The van der Waals surface area contributed by atoms with Crippen molar-refractivity contribution in [3.05, 3.63) is 70.2 Å². The minimum atomic E-state index is -0.572. The zero-order valence-corrected chi connectivity index (χ0v) is 15.2. The molecule has 0 bridgehead atoms. The van der Waals surface area contributed by atoms with E-state index in [1.54, 1.807) is 18.3 Å². The molecule has 0 atom stereocenters. The Morgan fingerprint density at radius 2 is 2.08 bits per heavy atom. The number of carbonyl (C=O) groups is 2. The summed E-state index contributed by atoms with van der Waals surface area (Å²) in [5, 5.41) is 2.64. The number of halogens is 1. The van der Waals surface area contributed by atoms with Gasteiger partial charge in [0.1, 0.15) is 5.82 Å². The number of ketones is 1. The fourth-order valence-corrected chi connectivity index (χ4v) is 3.51. The molecule has 0 radical (unpaired) electrons. The summed E-state index contributed by atoms with van der Waals surface area (Å²) >= 11 is 1.47. The maximum Gasteiger partial charge on any atom is 0.310 e. The lowest BCUT2D eigenvalue weighted by Gasteiger charge is -2.06. The van der Waals surface area contributed by atoms with Gasteiger partial charge in [-0.1, -0.05) is 12.1 Å². The lowest BCUT2D eigenvalue weighted by molar-refractivity contribution is -0.141. The summed E-state index contributed by atoms with van der Waals surface area (Å²) in [5.41, 5.74) is 2.64. The van der Waals surface area contributed by atoms with Crippen molar-refractivity contribution < 1.29 is 18.7 Å². The quantitative estimate of drug-likeness (QED) is 0.489. The molecule has 0 N–H and O–H groups in total. The molecule has 0 aliphatic carbocycles. The molecule has 3 aromatic rings. The van der Waals surface area contributed by atoms with Gasteiger partial charge < -0.3 is 4.74 Å². The Labute approximate surface area is 154 Å². The third-order valence-corrected chi connectivity index (χ3v) is 4.70. The lowest BCUT2D eigenvalue weighted by Crippen LogP contribution is -2.16. The Hall–Kier alpha value is -2.80. The van der Waals surface area contributed by atoms with Crippen LogP contribution in [0.25, 0.3) is 5.13 Å². The van der Waals surface area contributed by atoms with E-state index in [0.717, 1.165) is 16.5 Å². The third-order valence-electron chi connectivity index (χ3n) is 3.94. The van der Waals surface area contributed by atoms with Crippen LogP contribution in [0.1, 0.15) is 27.3 Å². The van der Waals surface area contributed by atoms with Crippen molar-refractivity contribution in [1.29, 1.82) is 0 Å². The highest BCUT2D eigenvalue weighted by molar-refractivity contribution is 7.12. The van der Waals surface area contributed by atoms with Crippen molar-refractivity contribution in [2.75, 3.05) is 6.61 Å². The molecule has 0 aliphatic rings. The standard InChI is InChI=1S/C19H17FN2O3S/c1-12-8-16(13(2)22(12)19-21-6-7-26-19)17(23)11-25-18(24)10-14-4-3-5-15(20)9-14/h3-9H,10-11H2,1-2H3. The first-order chi connectivity index (χ1) is 12.5. The van der Waals surface area contributed by atoms with Gasteiger partial charge in [-0.2, -0.15) is 0 Å². The van der Waals surface area contributed by atoms with Crippen molar-refractivity contribution in [1.82, 2.24) is 9.55 Å². The van der Waals surface area contributed by atoms with E-state index >= 15 is 0 Å². The van der Waals surface area contributed by atoms with E-state index in [-0.39, 0.29) is 18.8 Å². The Morgan fingerprint density at radius 1 is 1.27 bits per heavy atom. The van der Waals surface area contributed by atoms with Gasteiger partial charge >= 0.3 is 5.97 Å². The topological polar surface area (TPSA) is 61.2 Å². The molecule has 0 saturated carbocycles. The van der Waals surface area contributed by atoms with Crippen LogP contribution in [0, 0.1) is 19.7 Å². The van der Waals surface area contributed by atoms with Gasteiger partial charge in [-0.15, -0.1) is 11.3 Å². The van der Waals surface area contributed by atoms with Gasteiger partial charge in [0, 0.05) is 28.5 Å². The van der Waals surface area contributed by atoms with Crippen molar-refractivity contribution in [3.8, 4) is 5.13 Å². The smallest absolute Gasteiger partial charge is 0.310 e.